The zero-order valence-corrected chi connectivity index (χ0v) is 20.8. The van der Waals surface area contributed by atoms with Crippen molar-refractivity contribution in [3.8, 4) is 0 Å². The number of aliphatic imine (C=N–C) groups is 1. The number of ether oxygens (including phenoxy) is 2. The summed E-state index contributed by atoms with van der Waals surface area (Å²) >= 11 is 0. The fourth-order valence-corrected chi connectivity index (χ4v) is 3.07. The van der Waals surface area contributed by atoms with Gasteiger partial charge in [-0.1, -0.05) is 54.6 Å². The number of nitrogens with one attached hydrogen (secondary N) is 2. The Balaban J connectivity index is 0.00000363. The van der Waals surface area contributed by atoms with E-state index in [1.807, 2.05) is 42.5 Å². The molecule has 32 heavy (non-hydrogen) atoms. The van der Waals surface area contributed by atoms with Gasteiger partial charge in [0.05, 0.1) is 19.5 Å². The Morgan fingerprint density at radius 2 is 1.62 bits per heavy atom. The van der Waals surface area contributed by atoms with Gasteiger partial charge >= 0.3 is 0 Å². The first-order chi connectivity index (χ1) is 15.3. The van der Waals surface area contributed by atoms with Crippen molar-refractivity contribution in [2.45, 2.75) is 32.8 Å². The zero-order chi connectivity index (χ0) is 21.6. The van der Waals surface area contributed by atoms with Gasteiger partial charge in [-0.3, -0.25) is 4.99 Å². The normalized spacial score (nSPS) is 11.1. The Labute approximate surface area is 207 Å². The molecule has 0 unspecified atom stereocenters. The molecule has 0 aliphatic heterocycles. The lowest BCUT2D eigenvalue weighted by Gasteiger charge is -2.14. The first kappa shape index (κ1) is 25.9. The van der Waals surface area contributed by atoms with Crippen LogP contribution in [0.1, 0.15) is 28.9 Å². The summed E-state index contributed by atoms with van der Waals surface area (Å²) in [6.07, 6.45) is 2.54. The lowest BCUT2D eigenvalue weighted by molar-refractivity contribution is 0.105. The molecule has 0 amide bonds. The largest absolute Gasteiger partial charge is 0.467 e. The number of halogens is 1. The highest BCUT2D eigenvalue weighted by atomic mass is 127. The summed E-state index contributed by atoms with van der Waals surface area (Å²) in [7, 11) is 1.78. The molecule has 172 valence electrons. The smallest absolute Gasteiger partial charge is 0.191 e. The molecule has 0 radical (unpaired) electrons. The maximum Gasteiger partial charge on any atom is 0.191 e. The number of hydrogen-bond donors (Lipinski definition) is 2. The van der Waals surface area contributed by atoms with E-state index in [-0.39, 0.29) is 24.0 Å². The first-order valence-electron chi connectivity index (χ1n) is 10.6. The second-order valence-electron chi connectivity index (χ2n) is 7.09. The summed E-state index contributed by atoms with van der Waals surface area (Å²) < 4.78 is 16.8. The van der Waals surface area contributed by atoms with Crippen molar-refractivity contribution in [3.63, 3.8) is 0 Å². The van der Waals surface area contributed by atoms with Gasteiger partial charge in [0.25, 0.3) is 0 Å². The fraction of sp³-hybridized carbons (Fsp3) is 0.320. The quantitative estimate of drug-likeness (QED) is 0.146. The van der Waals surface area contributed by atoms with Crippen LogP contribution in [-0.4, -0.2) is 26.2 Å². The molecule has 0 saturated carbocycles. The number of rotatable bonds is 12. The molecule has 3 rings (SSSR count). The Bertz CT molecular complexity index is 902. The second kappa shape index (κ2) is 15.4. The highest BCUT2D eigenvalue weighted by Crippen LogP contribution is 2.11. The third-order valence-corrected chi connectivity index (χ3v) is 4.74. The Morgan fingerprint density at radius 3 is 2.38 bits per heavy atom. The molecule has 3 aromatic rings. The number of benzene rings is 2. The molecule has 0 aliphatic rings. The highest BCUT2D eigenvalue weighted by Gasteiger charge is 2.04. The maximum absolute atomic E-state index is 5.91. The van der Waals surface area contributed by atoms with E-state index in [0.717, 1.165) is 24.7 Å². The lowest BCUT2D eigenvalue weighted by Crippen LogP contribution is -2.37. The third-order valence-electron chi connectivity index (χ3n) is 4.74. The van der Waals surface area contributed by atoms with Crippen molar-refractivity contribution in [1.82, 2.24) is 10.6 Å². The Kier molecular flexibility index (Phi) is 12.5. The minimum atomic E-state index is 0. The van der Waals surface area contributed by atoms with Crippen LogP contribution >= 0.6 is 24.0 Å². The van der Waals surface area contributed by atoms with Crippen LogP contribution < -0.4 is 10.6 Å². The average molecular weight is 549 g/mol. The molecule has 0 atom stereocenters. The van der Waals surface area contributed by atoms with Crippen molar-refractivity contribution in [2.75, 3.05) is 20.2 Å². The molecule has 7 heteroatoms. The Morgan fingerprint density at radius 1 is 0.844 bits per heavy atom. The van der Waals surface area contributed by atoms with Crippen molar-refractivity contribution < 1.29 is 13.9 Å². The van der Waals surface area contributed by atoms with Crippen molar-refractivity contribution in [2.24, 2.45) is 4.99 Å². The van der Waals surface area contributed by atoms with E-state index in [0.29, 0.717) is 33.0 Å². The predicted octanol–water partition coefficient (Wildman–Crippen LogP) is 4.89. The number of nitrogens with zero attached hydrogens (tertiary/aromatic N) is 1. The summed E-state index contributed by atoms with van der Waals surface area (Å²) in [4.78, 5) is 4.30. The van der Waals surface area contributed by atoms with Crippen LogP contribution in [0, 0.1) is 0 Å². The van der Waals surface area contributed by atoms with E-state index < -0.39 is 0 Å². The van der Waals surface area contributed by atoms with Gasteiger partial charge in [0, 0.05) is 26.7 Å². The van der Waals surface area contributed by atoms with Gasteiger partial charge in [0.15, 0.2) is 5.96 Å². The molecule has 0 saturated heterocycles. The van der Waals surface area contributed by atoms with E-state index >= 15 is 0 Å². The minimum Gasteiger partial charge on any atom is -0.467 e. The van der Waals surface area contributed by atoms with Crippen molar-refractivity contribution in [1.29, 1.82) is 0 Å². The molecule has 0 spiro atoms. The van der Waals surface area contributed by atoms with Gasteiger partial charge in [-0.2, -0.15) is 0 Å². The van der Waals surface area contributed by atoms with E-state index in [4.69, 9.17) is 13.9 Å². The molecule has 2 N–H and O–H groups in total. The predicted molar refractivity (Wildman–Crippen MR) is 138 cm³/mol. The van der Waals surface area contributed by atoms with Crippen LogP contribution in [-0.2, 0) is 35.8 Å². The molecular formula is C25H32IN3O3. The summed E-state index contributed by atoms with van der Waals surface area (Å²) in [5.74, 6) is 1.61. The topological polar surface area (TPSA) is 68.0 Å². The van der Waals surface area contributed by atoms with Crippen LogP contribution in [0.2, 0.25) is 0 Å². The van der Waals surface area contributed by atoms with Crippen molar-refractivity contribution >= 4 is 29.9 Å². The molecule has 0 bridgehead atoms. The fourth-order valence-electron chi connectivity index (χ4n) is 3.07. The highest BCUT2D eigenvalue weighted by molar-refractivity contribution is 14.0. The third kappa shape index (κ3) is 9.42. The zero-order valence-electron chi connectivity index (χ0n) is 18.5. The van der Waals surface area contributed by atoms with Crippen LogP contribution in [0.4, 0.5) is 0 Å². The molecule has 1 heterocycles. The molecule has 0 fully saturated rings. The second-order valence-corrected chi connectivity index (χ2v) is 7.09. The van der Waals surface area contributed by atoms with E-state index in [2.05, 4.69) is 39.9 Å². The summed E-state index contributed by atoms with van der Waals surface area (Å²) in [5.41, 5.74) is 3.55. The van der Waals surface area contributed by atoms with Crippen LogP contribution in [0.15, 0.2) is 82.4 Å². The Hall–Kier alpha value is -2.36. The molecule has 0 aliphatic carbocycles. The molecule has 1 aromatic heterocycles. The van der Waals surface area contributed by atoms with E-state index in [1.165, 1.54) is 16.7 Å². The lowest BCUT2D eigenvalue weighted by atomic mass is 10.1. The summed E-state index contributed by atoms with van der Waals surface area (Å²) in [6.45, 7) is 3.80. The van der Waals surface area contributed by atoms with Gasteiger partial charge < -0.3 is 24.5 Å². The molecule has 2 aromatic carbocycles. The SMILES string of the molecule is CN=C(NCCCOCc1ccco1)NCc1ccccc1COCc1ccccc1.I. The number of hydrogen-bond acceptors (Lipinski definition) is 4. The van der Waals surface area contributed by atoms with E-state index in [1.54, 1.807) is 13.3 Å². The average Bonchev–Trinajstić information content (AvgIpc) is 3.33. The molecule has 6 nitrogen and oxygen atoms in total. The van der Waals surface area contributed by atoms with Crippen LogP contribution in [0.5, 0.6) is 0 Å². The maximum atomic E-state index is 5.91. The van der Waals surface area contributed by atoms with Gasteiger partial charge in [-0.25, -0.2) is 0 Å². The summed E-state index contributed by atoms with van der Waals surface area (Å²) in [5, 5.41) is 6.70. The van der Waals surface area contributed by atoms with Gasteiger partial charge in [0.1, 0.15) is 12.4 Å². The van der Waals surface area contributed by atoms with Gasteiger partial charge in [-0.15, -0.1) is 24.0 Å². The van der Waals surface area contributed by atoms with Crippen molar-refractivity contribution in [3.05, 3.63) is 95.4 Å². The minimum absolute atomic E-state index is 0. The first-order valence-corrected chi connectivity index (χ1v) is 10.6. The van der Waals surface area contributed by atoms with Crippen LogP contribution in [0.25, 0.3) is 0 Å². The summed E-state index contributed by atoms with van der Waals surface area (Å²) in [6, 6.07) is 22.3. The monoisotopic (exact) mass is 549 g/mol. The van der Waals surface area contributed by atoms with Gasteiger partial charge in [0.2, 0.25) is 0 Å². The van der Waals surface area contributed by atoms with Crippen LogP contribution in [0.3, 0.4) is 0 Å². The number of guanidine groups is 1. The van der Waals surface area contributed by atoms with E-state index in [9.17, 15) is 0 Å². The molecular weight excluding hydrogens is 517 g/mol. The van der Waals surface area contributed by atoms with Gasteiger partial charge in [-0.05, 0) is 35.2 Å². The number of furan rings is 1. The standard InChI is InChI=1S/C25H31N3O3.HI/c1-26-25(27-14-8-15-29-20-24-13-7-16-31-24)28-17-22-11-5-6-12-23(22)19-30-18-21-9-3-2-4-10-21;/h2-7,9-13,16H,8,14-15,17-20H2,1H3,(H2,26,27,28);1H.